The van der Waals surface area contributed by atoms with Crippen LogP contribution in [0.5, 0.6) is 0 Å². The summed E-state index contributed by atoms with van der Waals surface area (Å²) in [4.78, 5) is 0. The van der Waals surface area contributed by atoms with Crippen molar-refractivity contribution in [3.63, 3.8) is 0 Å². The van der Waals surface area contributed by atoms with Crippen molar-refractivity contribution in [2.24, 2.45) is 11.5 Å². The summed E-state index contributed by atoms with van der Waals surface area (Å²) in [5.41, 5.74) is 11.4. The van der Waals surface area contributed by atoms with Gasteiger partial charge in [0.25, 0.3) is 0 Å². The second-order valence-electron chi connectivity index (χ2n) is 3.67. The molecule has 5 heteroatoms. The summed E-state index contributed by atoms with van der Waals surface area (Å²) in [6.07, 6.45) is -1.24. The third-order valence-electron chi connectivity index (χ3n) is 2.64. The van der Waals surface area contributed by atoms with Gasteiger partial charge < -0.3 is 20.9 Å². The van der Waals surface area contributed by atoms with Gasteiger partial charge in [0.05, 0.1) is 0 Å². The Labute approximate surface area is 93.3 Å². The summed E-state index contributed by atoms with van der Waals surface area (Å²) in [5.74, 6) is -0.346. The van der Waals surface area contributed by atoms with Crippen molar-refractivity contribution in [2.45, 2.75) is 18.5 Å². The fourth-order valence-corrected chi connectivity index (χ4v) is 1.75. The molecule has 0 amide bonds. The number of nitrogens with two attached hydrogens (primary N) is 2. The molecular weight excluding hydrogens is 211 g/mol. The summed E-state index contributed by atoms with van der Waals surface area (Å²) in [6, 6.07) is 6.36. The summed E-state index contributed by atoms with van der Waals surface area (Å²) in [5, 5.41) is 0. The first-order valence-electron chi connectivity index (χ1n) is 5.21. The quantitative estimate of drug-likeness (QED) is 0.788. The molecule has 4 nitrogen and oxygen atoms in total. The van der Waals surface area contributed by atoms with Crippen LogP contribution in [-0.4, -0.2) is 25.3 Å². The Balaban J connectivity index is 2.16. The topological polar surface area (TPSA) is 70.5 Å². The molecule has 1 fully saturated rings. The lowest BCUT2D eigenvalue weighted by Crippen LogP contribution is -2.35. The van der Waals surface area contributed by atoms with E-state index in [2.05, 4.69) is 0 Å². The van der Waals surface area contributed by atoms with E-state index in [1.54, 1.807) is 18.2 Å². The highest BCUT2D eigenvalue weighted by atomic mass is 19.1. The lowest BCUT2D eigenvalue weighted by Gasteiger charge is -2.10. The SMILES string of the molecule is NCC1OC(c2ccccc2F)OC1CN. The van der Waals surface area contributed by atoms with E-state index in [1.807, 2.05) is 0 Å². The van der Waals surface area contributed by atoms with Crippen LogP contribution in [0.25, 0.3) is 0 Å². The van der Waals surface area contributed by atoms with Crippen LogP contribution in [0, 0.1) is 5.82 Å². The molecule has 16 heavy (non-hydrogen) atoms. The van der Waals surface area contributed by atoms with Crippen LogP contribution in [0.15, 0.2) is 24.3 Å². The molecule has 2 rings (SSSR count). The second-order valence-corrected chi connectivity index (χ2v) is 3.67. The zero-order valence-electron chi connectivity index (χ0n) is 8.80. The average Bonchev–Trinajstić information content (AvgIpc) is 2.72. The minimum absolute atomic E-state index is 0.269. The van der Waals surface area contributed by atoms with Crippen molar-refractivity contribution in [1.29, 1.82) is 0 Å². The molecule has 88 valence electrons. The van der Waals surface area contributed by atoms with Gasteiger partial charge in [0.1, 0.15) is 18.0 Å². The normalized spacial score (nSPS) is 29.6. The Morgan fingerprint density at radius 3 is 2.12 bits per heavy atom. The number of hydrogen-bond acceptors (Lipinski definition) is 4. The van der Waals surface area contributed by atoms with Crippen LogP contribution in [0.2, 0.25) is 0 Å². The maximum Gasteiger partial charge on any atom is 0.187 e. The zero-order valence-corrected chi connectivity index (χ0v) is 8.80. The van der Waals surface area contributed by atoms with E-state index in [9.17, 15) is 4.39 Å². The molecule has 0 bridgehead atoms. The number of benzene rings is 1. The molecule has 2 atom stereocenters. The average molecular weight is 226 g/mol. The van der Waals surface area contributed by atoms with Crippen LogP contribution in [0.4, 0.5) is 4.39 Å². The van der Waals surface area contributed by atoms with Gasteiger partial charge in [-0.15, -0.1) is 0 Å². The van der Waals surface area contributed by atoms with E-state index in [1.165, 1.54) is 6.07 Å². The molecule has 1 saturated heterocycles. The van der Waals surface area contributed by atoms with E-state index in [4.69, 9.17) is 20.9 Å². The van der Waals surface area contributed by atoms with Crippen LogP contribution in [0.3, 0.4) is 0 Å². The first-order chi connectivity index (χ1) is 7.76. The van der Waals surface area contributed by atoms with Crippen molar-refractivity contribution >= 4 is 0 Å². The highest BCUT2D eigenvalue weighted by Gasteiger charge is 2.36. The van der Waals surface area contributed by atoms with Gasteiger partial charge in [0.2, 0.25) is 0 Å². The predicted molar refractivity (Wildman–Crippen MR) is 57.0 cm³/mol. The first kappa shape index (κ1) is 11.5. The predicted octanol–water partition coefficient (Wildman–Crippen LogP) is 0.526. The molecule has 0 spiro atoms. The van der Waals surface area contributed by atoms with Crippen LogP contribution >= 0.6 is 0 Å². The van der Waals surface area contributed by atoms with Gasteiger partial charge in [0, 0.05) is 18.7 Å². The molecule has 0 radical (unpaired) electrons. The van der Waals surface area contributed by atoms with Gasteiger partial charge >= 0.3 is 0 Å². The van der Waals surface area contributed by atoms with Gasteiger partial charge in [-0.05, 0) is 6.07 Å². The van der Waals surface area contributed by atoms with Gasteiger partial charge in [-0.3, -0.25) is 0 Å². The molecule has 0 aliphatic carbocycles. The summed E-state index contributed by atoms with van der Waals surface area (Å²) >= 11 is 0. The van der Waals surface area contributed by atoms with Crippen molar-refractivity contribution in [3.8, 4) is 0 Å². The molecule has 1 heterocycles. The van der Waals surface area contributed by atoms with E-state index >= 15 is 0 Å². The molecular formula is C11H15FN2O2. The fraction of sp³-hybridized carbons (Fsp3) is 0.455. The molecule has 0 saturated carbocycles. The van der Waals surface area contributed by atoms with Gasteiger partial charge in [0.15, 0.2) is 6.29 Å². The third-order valence-corrected chi connectivity index (χ3v) is 2.64. The van der Waals surface area contributed by atoms with E-state index in [0.717, 1.165) is 0 Å². The molecule has 1 aliphatic heterocycles. The summed E-state index contributed by atoms with van der Waals surface area (Å²) in [7, 11) is 0. The van der Waals surface area contributed by atoms with Crippen LogP contribution < -0.4 is 11.5 Å². The largest absolute Gasteiger partial charge is 0.341 e. The molecule has 1 aromatic carbocycles. The highest BCUT2D eigenvalue weighted by Crippen LogP contribution is 2.31. The first-order valence-corrected chi connectivity index (χ1v) is 5.21. The Kier molecular flexibility index (Phi) is 3.50. The van der Waals surface area contributed by atoms with E-state index in [0.29, 0.717) is 18.7 Å². The Bertz CT molecular complexity index is 350. The molecule has 1 aliphatic rings. The smallest absolute Gasteiger partial charge is 0.187 e. The Hall–Kier alpha value is -1.01. The monoisotopic (exact) mass is 226 g/mol. The van der Waals surface area contributed by atoms with E-state index < -0.39 is 6.29 Å². The lowest BCUT2D eigenvalue weighted by atomic mass is 10.2. The summed E-state index contributed by atoms with van der Waals surface area (Å²) in [6.45, 7) is 0.625. The molecule has 1 aromatic rings. The standard InChI is InChI=1S/C11H15FN2O2/c12-8-4-2-1-3-7(8)11-15-9(5-13)10(6-14)16-11/h1-4,9-11H,5-6,13-14H2. The third kappa shape index (κ3) is 2.08. The van der Waals surface area contributed by atoms with Crippen LogP contribution in [-0.2, 0) is 9.47 Å². The lowest BCUT2D eigenvalue weighted by molar-refractivity contribution is -0.0691. The number of halogens is 1. The number of ether oxygens (including phenoxy) is 2. The van der Waals surface area contributed by atoms with Gasteiger partial charge in [-0.25, -0.2) is 4.39 Å². The molecule has 4 N–H and O–H groups in total. The number of hydrogen-bond donors (Lipinski definition) is 2. The van der Waals surface area contributed by atoms with Crippen LogP contribution in [0.1, 0.15) is 11.9 Å². The Morgan fingerprint density at radius 1 is 1.06 bits per heavy atom. The molecule has 2 unspecified atom stereocenters. The van der Waals surface area contributed by atoms with E-state index in [-0.39, 0.29) is 18.0 Å². The fourth-order valence-electron chi connectivity index (χ4n) is 1.75. The maximum atomic E-state index is 13.5. The molecule has 0 aromatic heterocycles. The number of rotatable bonds is 3. The minimum Gasteiger partial charge on any atom is -0.341 e. The second kappa shape index (κ2) is 4.88. The van der Waals surface area contributed by atoms with Gasteiger partial charge in [-0.2, -0.15) is 0 Å². The van der Waals surface area contributed by atoms with Crippen molar-refractivity contribution in [3.05, 3.63) is 35.6 Å². The highest BCUT2D eigenvalue weighted by molar-refractivity contribution is 5.19. The Morgan fingerprint density at radius 2 is 1.62 bits per heavy atom. The van der Waals surface area contributed by atoms with Crippen molar-refractivity contribution < 1.29 is 13.9 Å². The summed E-state index contributed by atoms with van der Waals surface area (Å²) < 4.78 is 24.5. The van der Waals surface area contributed by atoms with Crippen molar-refractivity contribution in [2.75, 3.05) is 13.1 Å². The maximum absolute atomic E-state index is 13.5. The van der Waals surface area contributed by atoms with Gasteiger partial charge in [-0.1, -0.05) is 18.2 Å². The zero-order chi connectivity index (χ0) is 11.5. The van der Waals surface area contributed by atoms with Crippen molar-refractivity contribution in [1.82, 2.24) is 0 Å². The minimum atomic E-state index is -0.705.